The smallest absolute Gasteiger partial charge is 0.336 e. The quantitative estimate of drug-likeness (QED) is 0.814. The summed E-state index contributed by atoms with van der Waals surface area (Å²) in [4.78, 5) is 11.0. The third-order valence-corrected chi connectivity index (χ3v) is 2.78. The van der Waals surface area contributed by atoms with Gasteiger partial charge >= 0.3 is 5.97 Å². The number of fused-ring (bicyclic) bond motifs is 1. The summed E-state index contributed by atoms with van der Waals surface area (Å²) in [6.07, 6.45) is 0.907. The molecule has 0 aliphatic rings. The molecule has 2 rings (SSSR count). The first kappa shape index (κ1) is 9.77. The first-order chi connectivity index (χ1) is 7.15. The Morgan fingerprint density at radius 1 is 1.47 bits per heavy atom. The number of aromatic nitrogens is 1. The van der Waals surface area contributed by atoms with Gasteiger partial charge < -0.3 is 9.67 Å². The van der Waals surface area contributed by atoms with Gasteiger partial charge in [-0.1, -0.05) is 13.0 Å². The van der Waals surface area contributed by atoms with E-state index >= 15 is 0 Å². The van der Waals surface area contributed by atoms with Gasteiger partial charge in [0.25, 0.3) is 0 Å². The van der Waals surface area contributed by atoms with Gasteiger partial charge in [0, 0.05) is 23.6 Å². The van der Waals surface area contributed by atoms with Crippen LogP contribution in [-0.2, 0) is 13.5 Å². The third kappa shape index (κ3) is 1.40. The summed E-state index contributed by atoms with van der Waals surface area (Å²) in [5, 5.41) is 9.87. The number of nitrogens with zero attached hydrogens (tertiary/aromatic N) is 1. The van der Waals surface area contributed by atoms with Crippen molar-refractivity contribution in [3.05, 3.63) is 35.5 Å². The van der Waals surface area contributed by atoms with Crippen LogP contribution in [0.4, 0.5) is 0 Å². The summed E-state index contributed by atoms with van der Waals surface area (Å²) in [5.74, 6) is -0.867. The number of carboxylic acid groups (broad SMARTS) is 1. The monoisotopic (exact) mass is 203 g/mol. The molecule has 0 radical (unpaired) electrons. The van der Waals surface area contributed by atoms with Crippen molar-refractivity contribution in [2.45, 2.75) is 13.3 Å². The number of rotatable bonds is 2. The number of hydrogen-bond donors (Lipinski definition) is 1. The molecule has 1 aromatic heterocycles. The third-order valence-electron chi connectivity index (χ3n) is 2.78. The SMILES string of the molecule is CCc1cc2c(C(=O)O)cccc2n1C. The minimum Gasteiger partial charge on any atom is -0.478 e. The minimum absolute atomic E-state index is 0.378. The molecule has 2 aromatic rings. The molecule has 78 valence electrons. The molecule has 0 amide bonds. The predicted molar refractivity (Wildman–Crippen MR) is 59.3 cm³/mol. The summed E-state index contributed by atoms with van der Waals surface area (Å²) in [5.41, 5.74) is 2.51. The molecule has 1 aromatic carbocycles. The Kier molecular flexibility index (Phi) is 2.23. The van der Waals surface area contributed by atoms with Crippen LogP contribution < -0.4 is 0 Å². The van der Waals surface area contributed by atoms with Crippen LogP contribution in [0.2, 0.25) is 0 Å². The number of carbonyl (C=O) groups is 1. The van der Waals surface area contributed by atoms with Crippen molar-refractivity contribution in [1.82, 2.24) is 4.57 Å². The van der Waals surface area contributed by atoms with E-state index in [-0.39, 0.29) is 0 Å². The molecule has 3 nitrogen and oxygen atoms in total. The van der Waals surface area contributed by atoms with Crippen molar-refractivity contribution in [3.63, 3.8) is 0 Å². The van der Waals surface area contributed by atoms with Crippen molar-refractivity contribution >= 4 is 16.9 Å². The zero-order valence-corrected chi connectivity index (χ0v) is 8.82. The first-order valence-corrected chi connectivity index (χ1v) is 4.95. The van der Waals surface area contributed by atoms with Gasteiger partial charge in [0.2, 0.25) is 0 Å². The lowest BCUT2D eigenvalue weighted by molar-refractivity contribution is 0.0699. The molecular weight excluding hydrogens is 190 g/mol. The highest BCUT2D eigenvalue weighted by Gasteiger charge is 2.11. The fourth-order valence-corrected chi connectivity index (χ4v) is 1.94. The van der Waals surface area contributed by atoms with Crippen molar-refractivity contribution in [1.29, 1.82) is 0 Å². The molecule has 0 fully saturated rings. The maximum Gasteiger partial charge on any atom is 0.336 e. The van der Waals surface area contributed by atoms with E-state index in [9.17, 15) is 4.79 Å². The molecule has 0 spiro atoms. The van der Waals surface area contributed by atoms with Gasteiger partial charge in [-0.3, -0.25) is 0 Å². The molecular formula is C12H13NO2. The first-order valence-electron chi connectivity index (χ1n) is 4.95. The number of aryl methyl sites for hydroxylation is 2. The van der Waals surface area contributed by atoms with Crippen LogP contribution in [0.5, 0.6) is 0 Å². The summed E-state index contributed by atoms with van der Waals surface area (Å²) in [6.45, 7) is 2.06. The maximum atomic E-state index is 11.0. The van der Waals surface area contributed by atoms with Crippen molar-refractivity contribution in [3.8, 4) is 0 Å². The van der Waals surface area contributed by atoms with E-state index in [1.54, 1.807) is 12.1 Å². The lowest BCUT2D eigenvalue weighted by Gasteiger charge is -2.00. The van der Waals surface area contributed by atoms with Gasteiger partial charge in [-0.15, -0.1) is 0 Å². The van der Waals surface area contributed by atoms with Crippen LogP contribution in [0.25, 0.3) is 10.9 Å². The lowest BCUT2D eigenvalue weighted by atomic mass is 10.1. The average molecular weight is 203 g/mol. The average Bonchev–Trinajstić information content (AvgIpc) is 2.55. The molecule has 3 heteroatoms. The van der Waals surface area contributed by atoms with E-state index in [1.165, 1.54) is 0 Å². The molecule has 0 atom stereocenters. The van der Waals surface area contributed by atoms with Gasteiger partial charge in [0.15, 0.2) is 0 Å². The normalized spacial score (nSPS) is 10.8. The van der Waals surface area contributed by atoms with Crippen molar-refractivity contribution < 1.29 is 9.90 Å². The number of benzene rings is 1. The van der Waals surface area contributed by atoms with E-state index < -0.39 is 5.97 Å². The molecule has 0 aliphatic carbocycles. The van der Waals surface area contributed by atoms with E-state index in [4.69, 9.17) is 5.11 Å². The summed E-state index contributed by atoms with van der Waals surface area (Å²) in [6, 6.07) is 7.33. The molecule has 15 heavy (non-hydrogen) atoms. The van der Waals surface area contributed by atoms with Crippen molar-refractivity contribution in [2.75, 3.05) is 0 Å². The van der Waals surface area contributed by atoms with Crippen LogP contribution in [0.15, 0.2) is 24.3 Å². The van der Waals surface area contributed by atoms with Crippen LogP contribution in [0.1, 0.15) is 23.0 Å². The molecule has 1 heterocycles. The number of hydrogen-bond acceptors (Lipinski definition) is 1. The Morgan fingerprint density at radius 2 is 2.20 bits per heavy atom. The standard InChI is InChI=1S/C12H13NO2/c1-3-8-7-10-9(12(14)15)5-4-6-11(10)13(8)2/h4-7H,3H2,1-2H3,(H,14,15). The van der Waals surface area contributed by atoms with Gasteiger partial charge in [-0.25, -0.2) is 4.79 Å². The largest absolute Gasteiger partial charge is 0.478 e. The molecule has 0 saturated carbocycles. The number of carboxylic acids is 1. The van der Waals surface area contributed by atoms with E-state index in [0.717, 1.165) is 23.0 Å². The fraction of sp³-hybridized carbons (Fsp3) is 0.250. The van der Waals surface area contributed by atoms with E-state index in [2.05, 4.69) is 6.92 Å². The van der Waals surface area contributed by atoms with Gasteiger partial charge in [0.1, 0.15) is 0 Å². The predicted octanol–water partition coefficient (Wildman–Crippen LogP) is 2.44. The minimum atomic E-state index is -0.867. The Labute approximate surface area is 87.9 Å². The highest BCUT2D eigenvalue weighted by molar-refractivity contribution is 6.03. The zero-order valence-electron chi connectivity index (χ0n) is 8.82. The van der Waals surface area contributed by atoms with E-state index in [1.807, 2.05) is 23.7 Å². The Bertz CT molecular complexity index is 526. The number of aromatic carboxylic acids is 1. The summed E-state index contributed by atoms with van der Waals surface area (Å²) >= 11 is 0. The highest BCUT2D eigenvalue weighted by Crippen LogP contribution is 2.22. The zero-order chi connectivity index (χ0) is 11.0. The summed E-state index contributed by atoms with van der Waals surface area (Å²) < 4.78 is 2.04. The van der Waals surface area contributed by atoms with Gasteiger partial charge in [0.05, 0.1) is 5.56 Å². The van der Waals surface area contributed by atoms with Crippen molar-refractivity contribution in [2.24, 2.45) is 7.05 Å². The van der Waals surface area contributed by atoms with Crippen LogP contribution in [-0.4, -0.2) is 15.6 Å². The van der Waals surface area contributed by atoms with Crippen LogP contribution >= 0.6 is 0 Å². The Morgan fingerprint density at radius 3 is 2.80 bits per heavy atom. The topological polar surface area (TPSA) is 42.2 Å². The second-order valence-electron chi connectivity index (χ2n) is 3.59. The Balaban J connectivity index is 2.81. The molecule has 1 N–H and O–H groups in total. The second kappa shape index (κ2) is 3.42. The highest BCUT2D eigenvalue weighted by atomic mass is 16.4. The van der Waals surface area contributed by atoms with Crippen LogP contribution in [0.3, 0.4) is 0 Å². The Hall–Kier alpha value is -1.77. The lowest BCUT2D eigenvalue weighted by Crippen LogP contribution is -1.97. The second-order valence-corrected chi connectivity index (χ2v) is 3.59. The van der Waals surface area contributed by atoms with Gasteiger partial charge in [-0.2, -0.15) is 0 Å². The van der Waals surface area contributed by atoms with Crippen LogP contribution in [0, 0.1) is 0 Å². The van der Waals surface area contributed by atoms with Gasteiger partial charge in [-0.05, 0) is 24.6 Å². The fourth-order valence-electron chi connectivity index (χ4n) is 1.94. The molecule has 0 aliphatic heterocycles. The summed E-state index contributed by atoms with van der Waals surface area (Å²) in [7, 11) is 1.97. The van der Waals surface area contributed by atoms with E-state index in [0.29, 0.717) is 5.56 Å². The molecule has 0 saturated heterocycles. The maximum absolute atomic E-state index is 11.0. The molecule has 0 unspecified atom stereocenters. The molecule has 0 bridgehead atoms.